The molecule has 0 aliphatic rings. The largest absolute Gasteiger partial charge is 0.506 e. The number of hydrogen-bond acceptors (Lipinski definition) is 5. The summed E-state index contributed by atoms with van der Waals surface area (Å²) in [4.78, 5) is -0.538. The monoisotopic (exact) mass is 471 g/mol. The summed E-state index contributed by atoms with van der Waals surface area (Å²) < 4.78 is 25.4. The van der Waals surface area contributed by atoms with Crippen molar-refractivity contribution in [3.8, 4) is 17.6 Å². The number of nitrogens with zero attached hydrogens (tertiary/aromatic N) is 1. The van der Waals surface area contributed by atoms with Gasteiger partial charge in [-0.3, -0.25) is 0 Å². The fourth-order valence-corrected chi connectivity index (χ4v) is 4.19. The molecule has 0 amide bonds. The van der Waals surface area contributed by atoms with Crippen LogP contribution in [0.4, 0.5) is 0 Å². The smallest absolute Gasteiger partial charge is 0.216 e. The molecule has 2 N–H and O–H groups in total. The van der Waals surface area contributed by atoms with Crippen molar-refractivity contribution in [1.82, 2.24) is 0 Å². The van der Waals surface area contributed by atoms with Crippen molar-refractivity contribution in [1.29, 1.82) is 5.26 Å². The number of rotatable bonds is 3. The Bertz CT molecular complexity index is 975. The lowest BCUT2D eigenvalue weighted by Gasteiger charge is -2.08. The first-order chi connectivity index (χ1) is 11.2. The Hall–Kier alpha value is -1.82. The van der Waals surface area contributed by atoms with E-state index in [4.69, 9.17) is 0 Å². The van der Waals surface area contributed by atoms with E-state index in [1.54, 1.807) is 18.2 Å². The molecule has 0 radical (unpaired) electrons. The summed E-state index contributed by atoms with van der Waals surface area (Å²) in [5, 5.41) is 29.0. The molecular weight excluding hydrogens is 462 g/mol. The molecule has 0 spiro atoms. The lowest BCUT2D eigenvalue weighted by atomic mass is 10.2. The van der Waals surface area contributed by atoms with Gasteiger partial charge in [-0.05, 0) is 63.1 Å². The van der Waals surface area contributed by atoms with E-state index < -0.39 is 14.7 Å². The van der Waals surface area contributed by atoms with E-state index in [0.29, 0.717) is 0 Å². The maximum absolute atomic E-state index is 12.6. The number of aromatic hydroxyl groups is 2. The molecule has 0 heterocycles. The fourth-order valence-electron chi connectivity index (χ4n) is 1.88. The number of aryl methyl sites for hydroxylation is 1. The molecule has 0 aromatic heterocycles. The number of halogens is 2. The molecule has 124 valence electrons. The van der Waals surface area contributed by atoms with Gasteiger partial charge in [0.25, 0.3) is 0 Å². The third-order valence-electron chi connectivity index (χ3n) is 3.22. The summed E-state index contributed by atoms with van der Waals surface area (Å²) in [6.07, 6.45) is 1.06. The lowest BCUT2D eigenvalue weighted by molar-refractivity contribution is 0.441. The highest BCUT2D eigenvalue weighted by Gasteiger charge is 2.22. The maximum atomic E-state index is 12.6. The van der Waals surface area contributed by atoms with Gasteiger partial charge < -0.3 is 10.2 Å². The van der Waals surface area contributed by atoms with E-state index in [0.717, 1.165) is 11.6 Å². The van der Waals surface area contributed by atoms with Gasteiger partial charge in [0, 0.05) is 5.56 Å². The number of phenolic OH excluding ortho intramolecular Hbond substituents is 2. The SMILES string of the molecule is Cc1ccc(S(=O)(=O)C(C#N)=Cc2cc(Br)c(O)c(Br)c2O)cc1. The van der Waals surface area contributed by atoms with Crippen LogP contribution in [0.2, 0.25) is 0 Å². The molecule has 0 saturated heterocycles. The van der Waals surface area contributed by atoms with Crippen LogP contribution in [0.15, 0.2) is 49.1 Å². The van der Waals surface area contributed by atoms with Gasteiger partial charge in [0.2, 0.25) is 9.84 Å². The van der Waals surface area contributed by atoms with Crippen molar-refractivity contribution < 1.29 is 18.6 Å². The molecule has 2 aromatic carbocycles. The molecule has 0 aliphatic heterocycles. The Morgan fingerprint density at radius 1 is 1.17 bits per heavy atom. The average molecular weight is 473 g/mol. The minimum Gasteiger partial charge on any atom is -0.506 e. The first-order valence-corrected chi connectivity index (χ1v) is 9.59. The first kappa shape index (κ1) is 18.5. The van der Waals surface area contributed by atoms with Crippen LogP contribution >= 0.6 is 31.9 Å². The van der Waals surface area contributed by atoms with Crippen molar-refractivity contribution in [2.24, 2.45) is 0 Å². The molecule has 0 saturated carbocycles. The summed E-state index contributed by atoms with van der Waals surface area (Å²) in [6, 6.07) is 9.06. The van der Waals surface area contributed by atoms with Gasteiger partial charge in [-0.1, -0.05) is 17.7 Å². The highest BCUT2D eigenvalue weighted by Crippen LogP contribution is 2.42. The number of hydrogen-bond donors (Lipinski definition) is 2. The van der Waals surface area contributed by atoms with Crippen LogP contribution in [0.1, 0.15) is 11.1 Å². The van der Waals surface area contributed by atoms with Gasteiger partial charge in [-0.2, -0.15) is 5.26 Å². The van der Waals surface area contributed by atoms with Crippen LogP contribution in [0.5, 0.6) is 11.5 Å². The van der Waals surface area contributed by atoms with Crippen LogP contribution in [0.3, 0.4) is 0 Å². The van der Waals surface area contributed by atoms with Crippen molar-refractivity contribution in [3.63, 3.8) is 0 Å². The molecular formula is C16H11Br2NO4S. The molecule has 0 aliphatic carbocycles. The van der Waals surface area contributed by atoms with Crippen molar-refractivity contribution >= 4 is 47.8 Å². The van der Waals surface area contributed by atoms with Crippen LogP contribution < -0.4 is 0 Å². The molecule has 0 atom stereocenters. The summed E-state index contributed by atoms with van der Waals surface area (Å²) in [5.41, 5.74) is 0.958. The average Bonchev–Trinajstić information content (AvgIpc) is 2.55. The normalized spacial score (nSPS) is 12.0. The molecule has 0 bridgehead atoms. The predicted molar refractivity (Wildman–Crippen MR) is 97.1 cm³/mol. The summed E-state index contributed by atoms with van der Waals surface area (Å²) >= 11 is 6.10. The zero-order valence-electron chi connectivity index (χ0n) is 12.3. The highest BCUT2D eigenvalue weighted by atomic mass is 79.9. The number of benzene rings is 2. The Morgan fingerprint density at radius 2 is 1.75 bits per heavy atom. The van der Waals surface area contributed by atoms with E-state index in [-0.39, 0.29) is 30.9 Å². The van der Waals surface area contributed by atoms with Crippen LogP contribution in [-0.2, 0) is 9.84 Å². The van der Waals surface area contributed by atoms with E-state index in [2.05, 4.69) is 31.9 Å². The van der Waals surface area contributed by atoms with E-state index in [1.807, 2.05) is 6.92 Å². The van der Waals surface area contributed by atoms with Crippen molar-refractivity contribution in [3.05, 3.63) is 55.3 Å². The Labute approximate surface area is 156 Å². The zero-order chi connectivity index (χ0) is 18.1. The first-order valence-electron chi connectivity index (χ1n) is 6.52. The standard InChI is InChI=1S/C16H11Br2NO4S/c1-9-2-4-11(5-3-9)24(22,23)12(8-19)6-10-7-13(17)16(21)14(18)15(10)20/h2-7,20-21H,1H3. The second-order valence-electron chi connectivity index (χ2n) is 4.90. The van der Waals surface area contributed by atoms with Gasteiger partial charge in [0.1, 0.15) is 26.9 Å². The number of nitriles is 1. The Balaban J connectivity index is 2.63. The third-order valence-corrected chi connectivity index (χ3v) is 6.25. The summed E-state index contributed by atoms with van der Waals surface area (Å²) in [5.74, 6) is -0.605. The second kappa shape index (κ2) is 6.97. The molecule has 5 nitrogen and oxygen atoms in total. The number of sulfone groups is 1. The lowest BCUT2D eigenvalue weighted by Crippen LogP contribution is -2.03. The van der Waals surface area contributed by atoms with Gasteiger partial charge >= 0.3 is 0 Å². The quantitative estimate of drug-likeness (QED) is 0.650. The van der Waals surface area contributed by atoms with Crippen molar-refractivity contribution in [2.45, 2.75) is 11.8 Å². The fraction of sp³-hybridized carbons (Fsp3) is 0.0625. The second-order valence-corrected chi connectivity index (χ2v) is 8.46. The summed E-state index contributed by atoms with van der Waals surface area (Å²) in [6.45, 7) is 1.82. The highest BCUT2D eigenvalue weighted by molar-refractivity contribution is 9.11. The third kappa shape index (κ3) is 3.48. The van der Waals surface area contributed by atoms with E-state index >= 15 is 0 Å². The van der Waals surface area contributed by atoms with Gasteiger partial charge in [0.05, 0.1) is 9.37 Å². The van der Waals surface area contributed by atoms with Gasteiger partial charge in [0.15, 0.2) is 0 Å². The van der Waals surface area contributed by atoms with Crippen LogP contribution in [0.25, 0.3) is 6.08 Å². The number of phenols is 2. The minimum absolute atomic E-state index is 0.00634. The van der Waals surface area contributed by atoms with Crippen molar-refractivity contribution in [2.75, 3.05) is 0 Å². The predicted octanol–water partition coefficient (Wildman–Crippen LogP) is 4.27. The van der Waals surface area contributed by atoms with Crippen LogP contribution in [-0.4, -0.2) is 18.6 Å². The molecule has 2 rings (SSSR count). The van der Waals surface area contributed by atoms with E-state index in [9.17, 15) is 23.9 Å². The summed E-state index contributed by atoms with van der Waals surface area (Å²) in [7, 11) is -4.02. The van der Waals surface area contributed by atoms with Gasteiger partial charge in [-0.25, -0.2) is 8.42 Å². The van der Waals surface area contributed by atoms with Gasteiger partial charge in [-0.15, -0.1) is 0 Å². The maximum Gasteiger partial charge on any atom is 0.216 e. The minimum atomic E-state index is -4.02. The Morgan fingerprint density at radius 3 is 2.29 bits per heavy atom. The molecule has 0 fully saturated rings. The Kier molecular flexibility index (Phi) is 5.38. The topological polar surface area (TPSA) is 98.4 Å². The number of allylic oxidation sites excluding steroid dienone is 1. The molecule has 2 aromatic rings. The molecule has 0 unspecified atom stereocenters. The molecule has 8 heteroatoms. The molecule has 24 heavy (non-hydrogen) atoms. The van der Waals surface area contributed by atoms with Crippen LogP contribution in [0, 0.1) is 18.3 Å². The van der Waals surface area contributed by atoms with E-state index in [1.165, 1.54) is 18.2 Å². The zero-order valence-corrected chi connectivity index (χ0v) is 16.3.